The number of sulfone groups is 1. The van der Waals surface area contributed by atoms with Gasteiger partial charge >= 0.3 is 0 Å². The fraction of sp³-hybridized carbons (Fsp3) is 0.630. The number of thioether (sulfide) groups is 1. The second kappa shape index (κ2) is 9.59. The number of fused-ring (bicyclic) bond motifs is 2. The number of nitrogens with zero attached hydrogens (tertiary/aromatic N) is 4. The van der Waals surface area contributed by atoms with Gasteiger partial charge in [-0.05, 0) is 50.5 Å². The van der Waals surface area contributed by atoms with Crippen molar-refractivity contribution in [1.82, 2.24) is 19.9 Å². The van der Waals surface area contributed by atoms with Crippen LogP contribution in [0.15, 0.2) is 12.3 Å². The van der Waals surface area contributed by atoms with Crippen molar-refractivity contribution in [2.75, 3.05) is 29.2 Å². The molecule has 3 heterocycles. The highest BCUT2D eigenvalue weighted by Gasteiger charge is 2.61. The van der Waals surface area contributed by atoms with E-state index in [1.807, 2.05) is 30.9 Å². The third-order valence-electron chi connectivity index (χ3n) is 7.73. The highest BCUT2D eigenvalue weighted by atomic mass is 32.2. The highest BCUT2D eigenvalue weighted by Crippen LogP contribution is 2.56. The van der Waals surface area contributed by atoms with Gasteiger partial charge in [-0.1, -0.05) is 20.8 Å². The Bertz CT molecular complexity index is 1470. The molecule has 3 aliphatic rings. The van der Waals surface area contributed by atoms with E-state index in [0.717, 1.165) is 63.1 Å². The molecule has 0 radical (unpaired) electrons. The van der Waals surface area contributed by atoms with Gasteiger partial charge in [0.1, 0.15) is 16.3 Å². The standard InChI is InChI=1S/C27H36N6O2S3/c1-14-20(25-32-22-19(37-25)8-9-28-21(22)15-6-7-15)24(33-26(30-14)29-10-11-36-27(2,3)4)31-16-12-17-18(13-16)23(17)38(5,34)35/h8-9,15-18,23H,6-7,10-13H2,1-5H3,(H2,29,30,31,33). The van der Waals surface area contributed by atoms with Crippen LogP contribution in [0.4, 0.5) is 11.8 Å². The summed E-state index contributed by atoms with van der Waals surface area (Å²) in [6.07, 6.45) is 7.33. The molecule has 3 saturated carbocycles. The molecule has 3 aliphatic carbocycles. The number of nitrogens with one attached hydrogen (secondary N) is 2. The van der Waals surface area contributed by atoms with Gasteiger partial charge in [0.15, 0.2) is 9.84 Å². The lowest BCUT2D eigenvalue weighted by Gasteiger charge is -2.20. The average Bonchev–Trinajstić information content (AvgIpc) is 3.69. The zero-order chi connectivity index (χ0) is 26.8. The average molecular weight is 573 g/mol. The molecule has 38 heavy (non-hydrogen) atoms. The molecule has 0 spiro atoms. The lowest BCUT2D eigenvalue weighted by Crippen LogP contribution is -2.23. The summed E-state index contributed by atoms with van der Waals surface area (Å²) in [5, 5.41) is 7.85. The van der Waals surface area contributed by atoms with E-state index in [4.69, 9.17) is 15.0 Å². The Morgan fingerprint density at radius 3 is 2.53 bits per heavy atom. The normalized spacial score (nSPS) is 25.0. The van der Waals surface area contributed by atoms with Crippen molar-refractivity contribution in [2.45, 2.75) is 75.3 Å². The molecule has 0 aromatic carbocycles. The SMILES string of the molecule is Cc1nc(NCCSC(C)(C)C)nc(NC2CC3C(C2)C3S(C)(=O)=O)c1-c1nc2c(C3CC3)nccc2s1. The first-order valence-electron chi connectivity index (χ1n) is 13.5. The number of hydrogen-bond acceptors (Lipinski definition) is 10. The van der Waals surface area contributed by atoms with Gasteiger partial charge in [-0.3, -0.25) is 4.98 Å². The van der Waals surface area contributed by atoms with Crippen LogP contribution < -0.4 is 10.6 Å². The minimum Gasteiger partial charge on any atom is -0.367 e. The second-order valence-corrected chi connectivity index (χ2v) is 17.2. The number of thiazole rings is 1. The summed E-state index contributed by atoms with van der Waals surface area (Å²) in [5.74, 6) is 3.40. The van der Waals surface area contributed by atoms with Crippen LogP contribution in [-0.4, -0.2) is 62.9 Å². The van der Waals surface area contributed by atoms with E-state index in [2.05, 4.69) is 36.4 Å². The first-order chi connectivity index (χ1) is 18.0. The molecule has 204 valence electrons. The molecular formula is C27H36N6O2S3. The number of hydrogen-bond donors (Lipinski definition) is 2. The molecule has 2 N–H and O–H groups in total. The van der Waals surface area contributed by atoms with Crippen LogP contribution in [0.1, 0.15) is 63.8 Å². The van der Waals surface area contributed by atoms with Crippen molar-refractivity contribution in [3.05, 3.63) is 23.7 Å². The van der Waals surface area contributed by atoms with Gasteiger partial charge in [-0.15, -0.1) is 11.3 Å². The van der Waals surface area contributed by atoms with Crippen molar-refractivity contribution in [3.8, 4) is 10.6 Å². The number of pyridine rings is 1. The minimum absolute atomic E-state index is 0.165. The first kappa shape index (κ1) is 26.3. The van der Waals surface area contributed by atoms with Crippen LogP contribution in [0.25, 0.3) is 20.8 Å². The Balaban J connectivity index is 1.29. The molecule has 0 amide bonds. The molecule has 6 rings (SSSR count). The van der Waals surface area contributed by atoms with E-state index in [1.165, 1.54) is 19.1 Å². The largest absolute Gasteiger partial charge is 0.367 e. The van der Waals surface area contributed by atoms with Crippen molar-refractivity contribution >= 4 is 54.9 Å². The Kier molecular flexibility index (Phi) is 6.62. The number of anilines is 2. The van der Waals surface area contributed by atoms with Gasteiger partial charge in [0.25, 0.3) is 0 Å². The lowest BCUT2D eigenvalue weighted by molar-refractivity contribution is 0.581. The summed E-state index contributed by atoms with van der Waals surface area (Å²) in [4.78, 5) is 19.5. The highest BCUT2D eigenvalue weighted by molar-refractivity contribution is 8.00. The summed E-state index contributed by atoms with van der Waals surface area (Å²) in [6, 6.07) is 2.24. The van der Waals surface area contributed by atoms with Crippen LogP contribution in [0, 0.1) is 18.8 Å². The van der Waals surface area contributed by atoms with Crippen LogP contribution in [0.2, 0.25) is 0 Å². The van der Waals surface area contributed by atoms with Crippen molar-refractivity contribution < 1.29 is 8.42 Å². The monoisotopic (exact) mass is 572 g/mol. The van der Waals surface area contributed by atoms with Crippen molar-refractivity contribution in [3.63, 3.8) is 0 Å². The maximum Gasteiger partial charge on any atom is 0.224 e. The molecule has 0 aliphatic heterocycles. The van der Waals surface area contributed by atoms with E-state index in [-0.39, 0.29) is 27.9 Å². The summed E-state index contributed by atoms with van der Waals surface area (Å²) in [7, 11) is -2.97. The zero-order valence-electron chi connectivity index (χ0n) is 22.6. The third kappa shape index (κ3) is 5.38. The first-order valence-corrected chi connectivity index (χ1v) is 17.2. The van der Waals surface area contributed by atoms with Crippen LogP contribution in [0.5, 0.6) is 0 Å². The minimum atomic E-state index is -2.97. The number of aromatic nitrogens is 4. The molecule has 3 fully saturated rings. The fourth-order valence-corrected chi connectivity index (χ4v) is 9.59. The maximum absolute atomic E-state index is 12.1. The summed E-state index contributed by atoms with van der Waals surface area (Å²) in [5.41, 5.74) is 3.92. The van der Waals surface area contributed by atoms with Crippen LogP contribution in [-0.2, 0) is 9.84 Å². The predicted molar refractivity (Wildman–Crippen MR) is 158 cm³/mol. The quantitative estimate of drug-likeness (QED) is 0.321. The van der Waals surface area contributed by atoms with Gasteiger partial charge in [0.2, 0.25) is 5.95 Å². The van der Waals surface area contributed by atoms with Crippen molar-refractivity contribution in [2.24, 2.45) is 11.8 Å². The molecule has 3 aromatic rings. The summed E-state index contributed by atoms with van der Waals surface area (Å²) >= 11 is 3.57. The molecule has 0 saturated heterocycles. The molecule has 11 heteroatoms. The molecule has 8 nitrogen and oxygen atoms in total. The maximum atomic E-state index is 12.1. The van der Waals surface area contributed by atoms with Crippen LogP contribution in [0.3, 0.4) is 0 Å². The lowest BCUT2D eigenvalue weighted by atomic mass is 10.1. The second-order valence-electron chi connectivity index (χ2n) is 12.0. The zero-order valence-corrected chi connectivity index (χ0v) is 25.1. The number of rotatable bonds is 9. The third-order valence-corrected chi connectivity index (χ3v) is 11.7. The predicted octanol–water partition coefficient (Wildman–Crippen LogP) is 5.51. The van der Waals surface area contributed by atoms with Crippen LogP contribution >= 0.6 is 23.1 Å². The topological polar surface area (TPSA) is 110 Å². The van der Waals surface area contributed by atoms with E-state index in [1.54, 1.807) is 11.3 Å². The van der Waals surface area contributed by atoms with E-state index >= 15 is 0 Å². The molecular weight excluding hydrogens is 537 g/mol. The van der Waals surface area contributed by atoms with Gasteiger partial charge in [0, 0.05) is 41.5 Å². The van der Waals surface area contributed by atoms with Gasteiger partial charge in [-0.25, -0.2) is 18.4 Å². The smallest absolute Gasteiger partial charge is 0.224 e. The number of aryl methyl sites for hydroxylation is 1. The Morgan fingerprint density at radius 1 is 1.13 bits per heavy atom. The molecule has 2 atom stereocenters. The molecule has 2 unspecified atom stereocenters. The van der Waals surface area contributed by atoms with E-state index in [0.29, 0.717) is 11.9 Å². The Labute approximate surface area is 233 Å². The Hall–Kier alpha value is -1.98. The van der Waals surface area contributed by atoms with E-state index < -0.39 is 9.84 Å². The Morgan fingerprint density at radius 2 is 1.87 bits per heavy atom. The van der Waals surface area contributed by atoms with Gasteiger partial charge < -0.3 is 10.6 Å². The molecule has 0 bridgehead atoms. The van der Waals surface area contributed by atoms with Gasteiger partial charge in [0.05, 0.1) is 26.9 Å². The van der Waals surface area contributed by atoms with Crippen molar-refractivity contribution in [1.29, 1.82) is 0 Å². The summed E-state index contributed by atoms with van der Waals surface area (Å²) < 4.78 is 25.5. The fourth-order valence-electron chi connectivity index (χ4n) is 5.90. The van der Waals surface area contributed by atoms with E-state index in [9.17, 15) is 8.42 Å². The summed E-state index contributed by atoms with van der Waals surface area (Å²) in [6.45, 7) is 9.46. The molecule has 3 aromatic heterocycles. The van der Waals surface area contributed by atoms with Gasteiger partial charge in [-0.2, -0.15) is 16.7 Å².